The van der Waals surface area contributed by atoms with Gasteiger partial charge in [-0.15, -0.1) is 0 Å². The molecule has 0 radical (unpaired) electrons. The highest BCUT2D eigenvalue weighted by Gasteiger charge is 2.21. The van der Waals surface area contributed by atoms with E-state index in [9.17, 15) is 13.2 Å². The summed E-state index contributed by atoms with van der Waals surface area (Å²) in [5, 5.41) is 1.85. The predicted molar refractivity (Wildman–Crippen MR) is 111 cm³/mol. The SMILES string of the molecule is CCOc1ccc(S(=O)(=O)Nc2ccccc2C(=O)NN2CCN(C)CC2)cc1.[Cl-]. The first-order valence-electron chi connectivity index (χ1n) is 9.48. The summed E-state index contributed by atoms with van der Waals surface area (Å²) in [7, 11) is -1.82. The van der Waals surface area contributed by atoms with Gasteiger partial charge in [-0.25, -0.2) is 13.4 Å². The van der Waals surface area contributed by atoms with Gasteiger partial charge in [-0.2, -0.15) is 0 Å². The van der Waals surface area contributed by atoms with Crippen molar-refractivity contribution in [2.45, 2.75) is 11.8 Å². The number of carbonyl (C=O) groups is 1. The van der Waals surface area contributed by atoms with E-state index in [0.29, 0.717) is 25.4 Å². The Morgan fingerprint density at radius 1 is 1.03 bits per heavy atom. The summed E-state index contributed by atoms with van der Waals surface area (Å²) >= 11 is 0. The minimum atomic E-state index is -3.85. The second kappa shape index (κ2) is 10.6. The number of carbonyl (C=O) groups excluding carboxylic acids is 1. The van der Waals surface area contributed by atoms with E-state index >= 15 is 0 Å². The predicted octanol–water partition coefficient (Wildman–Crippen LogP) is -1.22. The first kappa shape index (κ1) is 23.9. The molecule has 2 aromatic carbocycles. The molecular weight excluding hydrogens is 428 g/mol. The zero-order valence-electron chi connectivity index (χ0n) is 17.0. The summed E-state index contributed by atoms with van der Waals surface area (Å²) in [6, 6.07) is 12.7. The fraction of sp³-hybridized carbons (Fsp3) is 0.350. The zero-order valence-corrected chi connectivity index (χ0v) is 18.5. The van der Waals surface area contributed by atoms with Gasteiger partial charge < -0.3 is 22.0 Å². The number of para-hydroxylation sites is 1. The molecular formula is C20H26ClN4O4S-. The number of likely N-dealkylation sites (N-methyl/N-ethyl adjacent to an activating group) is 1. The van der Waals surface area contributed by atoms with Gasteiger partial charge in [-0.3, -0.25) is 14.9 Å². The van der Waals surface area contributed by atoms with Crippen molar-refractivity contribution in [2.75, 3.05) is 44.6 Å². The van der Waals surface area contributed by atoms with Crippen LogP contribution in [0.2, 0.25) is 0 Å². The molecule has 1 heterocycles. The molecule has 30 heavy (non-hydrogen) atoms. The Morgan fingerprint density at radius 2 is 1.67 bits per heavy atom. The second-order valence-electron chi connectivity index (χ2n) is 6.79. The van der Waals surface area contributed by atoms with E-state index in [1.807, 2.05) is 19.0 Å². The molecule has 10 heteroatoms. The smallest absolute Gasteiger partial charge is 0.267 e. The van der Waals surface area contributed by atoms with Gasteiger partial charge in [-0.1, -0.05) is 12.1 Å². The summed E-state index contributed by atoms with van der Waals surface area (Å²) in [4.78, 5) is 15.0. The van der Waals surface area contributed by atoms with Crippen molar-refractivity contribution < 1.29 is 30.4 Å². The van der Waals surface area contributed by atoms with Crippen LogP contribution in [0.15, 0.2) is 53.4 Å². The van der Waals surface area contributed by atoms with Crippen molar-refractivity contribution in [2.24, 2.45) is 0 Å². The van der Waals surface area contributed by atoms with Gasteiger partial charge in [0.25, 0.3) is 15.9 Å². The van der Waals surface area contributed by atoms with Gasteiger partial charge >= 0.3 is 0 Å². The lowest BCUT2D eigenvalue weighted by molar-refractivity contribution is -0.0000190. The van der Waals surface area contributed by atoms with Gasteiger partial charge in [0, 0.05) is 26.2 Å². The molecule has 0 saturated carbocycles. The third kappa shape index (κ3) is 6.09. The number of nitrogens with one attached hydrogen (secondary N) is 2. The van der Waals surface area contributed by atoms with Gasteiger partial charge in [0.15, 0.2) is 0 Å². The van der Waals surface area contributed by atoms with Gasteiger partial charge in [0.2, 0.25) is 0 Å². The van der Waals surface area contributed by atoms with Crippen LogP contribution in [0.5, 0.6) is 5.75 Å². The molecule has 0 bridgehead atoms. The Morgan fingerprint density at radius 3 is 2.30 bits per heavy atom. The minimum Gasteiger partial charge on any atom is -1.00 e. The van der Waals surface area contributed by atoms with E-state index in [4.69, 9.17) is 4.74 Å². The zero-order chi connectivity index (χ0) is 20.9. The van der Waals surface area contributed by atoms with Crippen LogP contribution in [0.4, 0.5) is 5.69 Å². The quantitative estimate of drug-likeness (QED) is 0.546. The Hall–Kier alpha value is -2.33. The van der Waals surface area contributed by atoms with E-state index in [0.717, 1.165) is 13.1 Å². The third-order valence-electron chi connectivity index (χ3n) is 4.62. The normalized spacial score (nSPS) is 15.1. The lowest BCUT2D eigenvalue weighted by Crippen LogP contribution is -3.00. The van der Waals surface area contributed by atoms with Crippen LogP contribution in [0, 0.1) is 0 Å². The first-order chi connectivity index (χ1) is 13.9. The third-order valence-corrected chi connectivity index (χ3v) is 6.01. The largest absolute Gasteiger partial charge is 1.00 e. The van der Waals surface area contributed by atoms with E-state index in [-0.39, 0.29) is 34.5 Å². The molecule has 164 valence electrons. The number of benzene rings is 2. The number of nitrogens with zero attached hydrogens (tertiary/aromatic N) is 2. The van der Waals surface area contributed by atoms with E-state index in [1.165, 1.54) is 12.1 Å². The number of amides is 1. The molecule has 0 aliphatic carbocycles. The molecule has 8 nitrogen and oxygen atoms in total. The van der Waals surface area contributed by atoms with Crippen molar-refractivity contribution in [3.8, 4) is 5.75 Å². The van der Waals surface area contributed by atoms with Crippen molar-refractivity contribution in [3.05, 3.63) is 54.1 Å². The highest BCUT2D eigenvalue weighted by Crippen LogP contribution is 2.22. The molecule has 0 spiro atoms. The maximum Gasteiger partial charge on any atom is 0.267 e. The summed E-state index contributed by atoms with van der Waals surface area (Å²) < 4.78 is 33.4. The Labute approximate surface area is 183 Å². The molecule has 0 atom stereocenters. The number of hydrogen-bond acceptors (Lipinski definition) is 6. The number of halogens is 1. The number of hydrazine groups is 1. The molecule has 0 unspecified atom stereocenters. The molecule has 1 aliphatic heterocycles. The fourth-order valence-electron chi connectivity index (χ4n) is 2.98. The van der Waals surface area contributed by atoms with Crippen molar-refractivity contribution in [3.63, 3.8) is 0 Å². The minimum absolute atomic E-state index is 0. The average Bonchev–Trinajstić information content (AvgIpc) is 2.70. The maximum absolute atomic E-state index is 12.8. The van der Waals surface area contributed by atoms with Crippen LogP contribution >= 0.6 is 0 Å². The number of hydrogen-bond donors (Lipinski definition) is 2. The summed E-state index contributed by atoms with van der Waals surface area (Å²) in [6.45, 7) is 5.49. The number of ether oxygens (including phenoxy) is 1. The first-order valence-corrected chi connectivity index (χ1v) is 11.0. The standard InChI is InChI=1S/C20H26N4O4S.ClH/c1-3-28-16-8-10-17(11-9-16)29(26,27)22-19-7-5-4-6-18(19)20(25)21-24-14-12-23(2)13-15-24;/h4-11,22H,3,12-15H2,1-2H3,(H,21,25);1H/p-1. The maximum atomic E-state index is 12.8. The number of sulfonamides is 1. The Kier molecular flexibility index (Phi) is 8.48. The average molecular weight is 454 g/mol. The van der Waals surface area contributed by atoms with Crippen LogP contribution in [0.3, 0.4) is 0 Å². The molecule has 3 rings (SSSR count). The lowest BCUT2D eigenvalue weighted by atomic mass is 10.2. The van der Waals surface area contributed by atoms with Crippen LogP contribution in [0.1, 0.15) is 17.3 Å². The molecule has 0 aromatic heterocycles. The van der Waals surface area contributed by atoms with Crippen molar-refractivity contribution >= 4 is 21.6 Å². The molecule has 1 aliphatic rings. The monoisotopic (exact) mass is 453 g/mol. The van der Waals surface area contributed by atoms with Gasteiger partial charge in [0.05, 0.1) is 22.8 Å². The molecule has 2 aromatic rings. The fourth-order valence-corrected chi connectivity index (χ4v) is 4.06. The van der Waals surface area contributed by atoms with E-state index in [1.54, 1.807) is 36.4 Å². The summed E-state index contributed by atoms with van der Waals surface area (Å²) in [5.41, 5.74) is 3.35. The van der Waals surface area contributed by atoms with Gasteiger partial charge in [0.1, 0.15) is 5.75 Å². The molecule has 1 fully saturated rings. The van der Waals surface area contributed by atoms with Crippen LogP contribution < -0.4 is 27.3 Å². The second-order valence-corrected chi connectivity index (χ2v) is 8.47. The lowest BCUT2D eigenvalue weighted by Gasteiger charge is -2.32. The molecule has 1 amide bonds. The summed E-state index contributed by atoms with van der Waals surface area (Å²) in [6.07, 6.45) is 0. The van der Waals surface area contributed by atoms with Crippen LogP contribution in [-0.2, 0) is 10.0 Å². The number of rotatable bonds is 7. The van der Waals surface area contributed by atoms with Crippen LogP contribution in [0.25, 0.3) is 0 Å². The number of anilines is 1. The Balaban J connectivity index is 0.00000320. The highest BCUT2D eigenvalue weighted by molar-refractivity contribution is 7.92. The number of piperazine rings is 1. The Bertz CT molecular complexity index is 946. The molecule has 2 N–H and O–H groups in total. The highest BCUT2D eigenvalue weighted by atomic mass is 35.5. The van der Waals surface area contributed by atoms with Crippen molar-refractivity contribution in [1.82, 2.24) is 15.3 Å². The summed E-state index contributed by atoms with van der Waals surface area (Å²) in [5.74, 6) is 0.248. The topological polar surface area (TPSA) is 91.0 Å². The van der Waals surface area contributed by atoms with Gasteiger partial charge in [-0.05, 0) is 50.4 Å². The van der Waals surface area contributed by atoms with Crippen molar-refractivity contribution in [1.29, 1.82) is 0 Å². The molecule has 1 saturated heterocycles. The van der Waals surface area contributed by atoms with E-state index in [2.05, 4.69) is 15.0 Å². The van der Waals surface area contributed by atoms with E-state index < -0.39 is 10.0 Å². The van der Waals surface area contributed by atoms with Crippen LogP contribution in [-0.4, -0.2) is 64.1 Å².